The second-order valence-electron chi connectivity index (χ2n) is 4.48. The lowest BCUT2D eigenvalue weighted by Crippen LogP contribution is -2.11. The van der Waals surface area contributed by atoms with Crippen molar-refractivity contribution in [1.82, 2.24) is 9.97 Å². The third kappa shape index (κ3) is 3.41. The van der Waals surface area contributed by atoms with Crippen LogP contribution < -0.4 is 4.74 Å². The number of nitrogens with zero attached hydrogens (tertiary/aromatic N) is 2. The molecule has 1 aliphatic rings. The maximum Gasteiger partial charge on any atom is 0.185 e. The summed E-state index contributed by atoms with van der Waals surface area (Å²) in [6.07, 6.45) is 8.99. The first-order chi connectivity index (χ1) is 9.01. The van der Waals surface area contributed by atoms with Gasteiger partial charge in [0.15, 0.2) is 15.6 Å². The van der Waals surface area contributed by atoms with E-state index in [0.717, 1.165) is 6.42 Å². The molecule has 0 spiro atoms. The lowest BCUT2D eigenvalue weighted by atomic mass is 10.0. The molecule has 1 aromatic rings. The summed E-state index contributed by atoms with van der Waals surface area (Å²) < 4.78 is 29.3. The summed E-state index contributed by atoms with van der Waals surface area (Å²) in [5.74, 6) is 0.971. The van der Waals surface area contributed by atoms with E-state index in [-0.39, 0.29) is 11.6 Å². The van der Waals surface area contributed by atoms with Crippen LogP contribution in [0.3, 0.4) is 0 Å². The summed E-state index contributed by atoms with van der Waals surface area (Å²) in [6, 6.07) is 0. The van der Waals surface area contributed by atoms with E-state index in [1.165, 1.54) is 19.5 Å². The number of hydrogen-bond donors (Lipinski definition) is 0. The van der Waals surface area contributed by atoms with E-state index < -0.39 is 9.84 Å². The highest BCUT2D eigenvalue weighted by Gasteiger charge is 2.20. The minimum absolute atomic E-state index is 0.193. The molecule has 0 aromatic carbocycles. The molecule has 0 N–H and O–H groups in total. The molecule has 0 fully saturated rings. The fourth-order valence-corrected chi connectivity index (χ4v) is 3.01. The number of rotatable bonds is 4. The minimum Gasteiger partial charge on any atom is -0.494 e. The second-order valence-corrected chi connectivity index (χ2v) is 6.47. The van der Waals surface area contributed by atoms with Crippen molar-refractivity contribution in [3.8, 4) is 5.75 Å². The summed E-state index contributed by atoms with van der Waals surface area (Å²) in [4.78, 5) is 8.31. The van der Waals surface area contributed by atoms with E-state index in [1.54, 1.807) is 12.2 Å². The zero-order valence-corrected chi connectivity index (χ0v) is 11.7. The number of hydrogen-bond acceptors (Lipinski definition) is 5. The Bertz CT molecular complexity index is 603. The van der Waals surface area contributed by atoms with Crippen molar-refractivity contribution in [2.24, 2.45) is 5.92 Å². The van der Waals surface area contributed by atoms with Gasteiger partial charge in [-0.25, -0.2) is 18.4 Å². The summed E-state index contributed by atoms with van der Waals surface area (Å²) in [6.45, 7) is 2.04. The van der Waals surface area contributed by atoms with Crippen molar-refractivity contribution < 1.29 is 13.2 Å². The Labute approximate surface area is 113 Å². The van der Waals surface area contributed by atoms with Crippen molar-refractivity contribution in [3.63, 3.8) is 0 Å². The molecule has 5 nitrogen and oxygen atoms in total. The molecule has 1 aliphatic carbocycles. The molecule has 0 aliphatic heterocycles. The van der Waals surface area contributed by atoms with Crippen LogP contribution in [-0.2, 0) is 15.6 Å². The average molecular weight is 280 g/mol. The zero-order chi connectivity index (χ0) is 13.9. The third-order valence-electron chi connectivity index (χ3n) is 2.88. The van der Waals surface area contributed by atoms with Gasteiger partial charge in [0.05, 0.1) is 24.4 Å². The van der Waals surface area contributed by atoms with Gasteiger partial charge >= 0.3 is 0 Å². The largest absolute Gasteiger partial charge is 0.494 e. The van der Waals surface area contributed by atoms with E-state index in [0.29, 0.717) is 16.6 Å². The Kier molecular flexibility index (Phi) is 3.99. The highest BCUT2D eigenvalue weighted by Crippen LogP contribution is 2.22. The van der Waals surface area contributed by atoms with Crippen LogP contribution in [0.1, 0.15) is 19.2 Å². The van der Waals surface area contributed by atoms with Crippen LogP contribution in [0, 0.1) is 5.92 Å². The zero-order valence-electron chi connectivity index (χ0n) is 10.9. The quantitative estimate of drug-likeness (QED) is 0.842. The topological polar surface area (TPSA) is 69.2 Å². The fraction of sp³-hybridized carbons (Fsp3) is 0.385. The number of allylic oxidation sites excluding steroid dienone is 3. The Balaban J connectivity index is 2.15. The highest BCUT2D eigenvalue weighted by molar-refractivity contribution is 7.94. The first kappa shape index (κ1) is 13.7. The van der Waals surface area contributed by atoms with Crippen LogP contribution >= 0.6 is 0 Å². The SMILES string of the molecule is COc1cnc(CS(=O)(=O)C2=CCC(C)C=C2)nc1. The summed E-state index contributed by atoms with van der Waals surface area (Å²) in [7, 11) is -1.86. The van der Waals surface area contributed by atoms with E-state index in [4.69, 9.17) is 4.74 Å². The Morgan fingerprint density at radius 1 is 1.37 bits per heavy atom. The lowest BCUT2D eigenvalue weighted by Gasteiger charge is -2.11. The molecule has 0 saturated carbocycles. The molecule has 1 aromatic heterocycles. The molecular weight excluding hydrogens is 264 g/mol. The first-order valence-corrected chi connectivity index (χ1v) is 7.62. The normalized spacial score (nSPS) is 19.1. The standard InChI is InChI=1S/C13H16N2O3S/c1-10-3-5-12(6-4-10)19(16,17)9-13-14-7-11(18-2)8-15-13/h3,5-8,10H,4,9H2,1-2H3. The van der Waals surface area contributed by atoms with Gasteiger partial charge in [-0.1, -0.05) is 19.1 Å². The van der Waals surface area contributed by atoms with Crippen molar-refractivity contribution in [2.45, 2.75) is 19.1 Å². The molecule has 102 valence electrons. The molecule has 0 radical (unpaired) electrons. The van der Waals surface area contributed by atoms with Gasteiger partial charge in [-0.2, -0.15) is 0 Å². The van der Waals surface area contributed by atoms with E-state index in [1.807, 2.05) is 13.0 Å². The van der Waals surface area contributed by atoms with Gasteiger partial charge in [0.2, 0.25) is 0 Å². The van der Waals surface area contributed by atoms with Crippen LogP contribution in [0.25, 0.3) is 0 Å². The smallest absolute Gasteiger partial charge is 0.185 e. The first-order valence-electron chi connectivity index (χ1n) is 5.97. The minimum atomic E-state index is -3.37. The summed E-state index contributed by atoms with van der Waals surface area (Å²) >= 11 is 0. The number of methoxy groups -OCH3 is 1. The van der Waals surface area contributed by atoms with Crippen LogP contribution in [-0.4, -0.2) is 25.5 Å². The van der Waals surface area contributed by atoms with Gasteiger partial charge in [0, 0.05) is 0 Å². The van der Waals surface area contributed by atoms with Crippen molar-refractivity contribution in [2.75, 3.05) is 7.11 Å². The predicted octanol–water partition coefficient (Wildman–Crippen LogP) is 1.88. The maximum absolute atomic E-state index is 12.2. The number of aromatic nitrogens is 2. The molecule has 0 bridgehead atoms. The van der Waals surface area contributed by atoms with E-state index in [2.05, 4.69) is 9.97 Å². The van der Waals surface area contributed by atoms with Crippen LogP contribution in [0.4, 0.5) is 0 Å². The summed E-state index contributed by atoms with van der Waals surface area (Å²) in [5.41, 5.74) is 0. The van der Waals surface area contributed by atoms with Gasteiger partial charge in [0.25, 0.3) is 0 Å². The van der Waals surface area contributed by atoms with Crippen LogP contribution in [0.2, 0.25) is 0 Å². The Hall–Kier alpha value is -1.69. The van der Waals surface area contributed by atoms with Crippen molar-refractivity contribution >= 4 is 9.84 Å². The second kappa shape index (κ2) is 5.52. The fourth-order valence-electron chi connectivity index (χ4n) is 1.71. The molecular formula is C13H16N2O3S. The van der Waals surface area contributed by atoms with E-state index >= 15 is 0 Å². The van der Waals surface area contributed by atoms with Crippen molar-refractivity contribution in [1.29, 1.82) is 0 Å². The molecule has 2 rings (SSSR count). The Morgan fingerprint density at radius 3 is 2.58 bits per heavy atom. The lowest BCUT2D eigenvalue weighted by molar-refractivity contribution is 0.410. The molecule has 1 unspecified atom stereocenters. The number of sulfone groups is 1. The van der Waals surface area contributed by atoms with Crippen LogP contribution in [0.5, 0.6) is 5.75 Å². The monoisotopic (exact) mass is 280 g/mol. The molecule has 0 amide bonds. The third-order valence-corrected chi connectivity index (χ3v) is 4.53. The molecule has 0 saturated heterocycles. The maximum atomic E-state index is 12.2. The van der Waals surface area contributed by atoms with Crippen molar-refractivity contribution in [3.05, 3.63) is 41.4 Å². The molecule has 19 heavy (non-hydrogen) atoms. The molecule has 1 atom stereocenters. The van der Waals surface area contributed by atoms with Gasteiger partial charge in [-0.05, 0) is 18.4 Å². The predicted molar refractivity (Wildman–Crippen MR) is 72.2 cm³/mol. The van der Waals surface area contributed by atoms with Gasteiger partial charge < -0.3 is 4.74 Å². The average Bonchev–Trinajstić information content (AvgIpc) is 2.40. The van der Waals surface area contributed by atoms with Gasteiger partial charge in [-0.15, -0.1) is 0 Å². The van der Waals surface area contributed by atoms with E-state index in [9.17, 15) is 8.42 Å². The van der Waals surface area contributed by atoms with Gasteiger partial charge in [-0.3, -0.25) is 0 Å². The van der Waals surface area contributed by atoms with Gasteiger partial charge in [0.1, 0.15) is 11.6 Å². The van der Waals surface area contributed by atoms with Crippen LogP contribution in [0.15, 0.2) is 35.5 Å². The Morgan fingerprint density at radius 2 is 2.05 bits per heavy atom. The molecule has 6 heteroatoms. The highest BCUT2D eigenvalue weighted by atomic mass is 32.2. The molecule has 1 heterocycles. The number of ether oxygens (including phenoxy) is 1. The summed E-state index contributed by atoms with van der Waals surface area (Å²) in [5, 5.41) is 0.